The number of hydrogen-bond acceptors (Lipinski definition) is 7. The van der Waals surface area contributed by atoms with Crippen molar-refractivity contribution in [2.24, 2.45) is 5.73 Å². The normalized spacial score (nSPS) is 33.5. The lowest BCUT2D eigenvalue weighted by molar-refractivity contribution is -0.195. The molecule has 2 saturated heterocycles. The molecular formula is C14H19N5O3. The lowest BCUT2D eigenvalue weighted by Crippen LogP contribution is -2.34. The first kappa shape index (κ1) is 14.0. The molecule has 22 heavy (non-hydrogen) atoms. The van der Waals surface area contributed by atoms with Gasteiger partial charge in [0.05, 0.1) is 12.0 Å². The molecular weight excluding hydrogens is 286 g/mol. The van der Waals surface area contributed by atoms with Crippen molar-refractivity contribution in [3.8, 4) is 0 Å². The molecule has 2 aromatic rings. The summed E-state index contributed by atoms with van der Waals surface area (Å²) in [6.45, 7) is 6.07. The lowest BCUT2D eigenvalue weighted by Gasteiger charge is -2.24. The fraction of sp³-hybridized carbons (Fsp3) is 0.643. The molecule has 0 amide bonds. The van der Waals surface area contributed by atoms with E-state index in [-0.39, 0.29) is 24.5 Å². The SMILES string of the molecule is Cc1ncnc2c1ncn2C1OC(CN)[C@H]2OC(C)(C)O[C@@H]12. The minimum Gasteiger partial charge on any atom is -0.348 e. The molecule has 2 aromatic heterocycles. The molecule has 4 heterocycles. The molecule has 0 saturated carbocycles. The third-order valence-electron chi connectivity index (χ3n) is 4.17. The van der Waals surface area contributed by atoms with Crippen molar-refractivity contribution in [3.05, 3.63) is 18.3 Å². The quantitative estimate of drug-likeness (QED) is 0.863. The van der Waals surface area contributed by atoms with E-state index in [1.165, 1.54) is 6.33 Å². The van der Waals surface area contributed by atoms with Crippen molar-refractivity contribution in [1.82, 2.24) is 19.5 Å². The van der Waals surface area contributed by atoms with Crippen LogP contribution in [0.2, 0.25) is 0 Å². The van der Waals surface area contributed by atoms with Crippen molar-refractivity contribution < 1.29 is 14.2 Å². The van der Waals surface area contributed by atoms with E-state index < -0.39 is 5.79 Å². The minimum atomic E-state index is -0.647. The van der Waals surface area contributed by atoms with E-state index in [2.05, 4.69) is 15.0 Å². The van der Waals surface area contributed by atoms with Gasteiger partial charge in [0.15, 0.2) is 17.7 Å². The van der Waals surface area contributed by atoms with Crippen molar-refractivity contribution >= 4 is 11.2 Å². The number of aromatic nitrogens is 4. The van der Waals surface area contributed by atoms with E-state index >= 15 is 0 Å². The summed E-state index contributed by atoms with van der Waals surface area (Å²) in [6, 6.07) is 0. The molecule has 2 aliphatic rings. The fourth-order valence-electron chi connectivity index (χ4n) is 3.23. The summed E-state index contributed by atoms with van der Waals surface area (Å²) < 4.78 is 19.9. The average molecular weight is 305 g/mol. The zero-order valence-electron chi connectivity index (χ0n) is 12.8. The van der Waals surface area contributed by atoms with E-state index in [1.54, 1.807) is 6.33 Å². The second-order valence-corrected chi connectivity index (χ2v) is 6.15. The lowest BCUT2D eigenvalue weighted by atomic mass is 10.1. The Kier molecular flexibility index (Phi) is 2.99. The van der Waals surface area contributed by atoms with Gasteiger partial charge >= 0.3 is 0 Å². The summed E-state index contributed by atoms with van der Waals surface area (Å²) in [6.07, 6.45) is 2.23. The van der Waals surface area contributed by atoms with E-state index in [1.807, 2.05) is 25.3 Å². The predicted molar refractivity (Wildman–Crippen MR) is 76.8 cm³/mol. The van der Waals surface area contributed by atoms with Crippen LogP contribution in [-0.4, -0.2) is 50.2 Å². The summed E-state index contributed by atoms with van der Waals surface area (Å²) in [5, 5.41) is 0. The van der Waals surface area contributed by atoms with Gasteiger partial charge in [0.1, 0.15) is 30.2 Å². The molecule has 4 atom stereocenters. The third-order valence-corrected chi connectivity index (χ3v) is 4.17. The molecule has 2 fully saturated rings. The van der Waals surface area contributed by atoms with E-state index in [4.69, 9.17) is 19.9 Å². The summed E-state index contributed by atoms with van der Waals surface area (Å²) in [5.41, 5.74) is 8.14. The van der Waals surface area contributed by atoms with Gasteiger partial charge in [-0.3, -0.25) is 4.57 Å². The molecule has 0 spiro atoms. The second-order valence-electron chi connectivity index (χ2n) is 6.15. The monoisotopic (exact) mass is 305 g/mol. The summed E-state index contributed by atoms with van der Waals surface area (Å²) in [5.74, 6) is -0.647. The maximum Gasteiger partial charge on any atom is 0.166 e. The third kappa shape index (κ3) is 1.95. The van der Waals surface area contributed by atoms with Gasteiger partial charge in [-0.05, 0) is 20.8 Å². The standard InChI is InChI=1S/C14H19N5O3/c1-7-9-12(17-5-16-7)19(6-18-9)13-11-10(8(4-15)20-13)21-14(2,3)22-11/h5-6,8,10-11,13H,4,15H2,1-3H3/t8?,10-,11-,13?/m1/s1. The van der Waals surface area contributed by atoms with Crippen LogP contribution in [0.1, 0.15) is 25.8 Å². The molecule has 4 rings (SSSR count). The van der Waals surface area contributed by atoms with Crippen molar-refractivity contribution in [2.45, 2.75) is 51.1 Å². The van der Waals surface area contributed by atoms with Crippen LogP contribution in [0.5, 0.6) is 0 Å². The molecule has 0 aliphatic carbocycles. The number of fused-ring (bicyclic) bond motifs is 2. The van der Waals surface area contributed by atoms with Gasteiger partial charge in [-0.2, -0.15) is 0 Å². The highest BCUT2D eigenvalue weighted by molar-refractivity contribution is 5.72. The van der Waals surface area contributed by atoms with Crippen molar-refractivity contribution in [3.63, 3.8) is 0 Å². The van der Waals surface area contributed by atoms with Gasteiger partial charge in [-0.1, -0.05) is 0 Å². The molecule has 0 radical (unpaired) electrons. The van der Waals surface area contributed by atoms with Crippen molar-refractivity contribution in [2.75, 3.05) is 6.54 Å². The van der Waals surface area contributed by atoms with Gasteiger partial charge in [-0.15, -0.1) is 0 Å². The average Bonchev–Trinajstić information content (AvgIpc) is 3.10. The van der Waals surface area contributed by atoms with Crippen LogP contribution in [0.3, 0.4) is 0 Å². The summed E-state index contributed by atoms with van der Waals surface area (Å²) in [4.78, 5) is 12.9. The smallest absolute Gasteiger partial charge is 0.166 e. The number of hydrogen-bond donors (Lipinski definition) is 1. The Labute approximate surface area is 127 Å². The topological polar surface area (TPSA) is 97.3 Å². The second kappa shape index (κ2) is 4.69. The van der Waals surface area contributed by atoms with Crippen LogP contribution in [0.25, 0.3) is 11.2 Å². The molecule has 8 nitrogen and oxygen atoms in total. The summed E-state index contributed by atoms with van der Waals surface area (Å²) >= 11 is 0. The first-order valence-corrected chi connectivity index (χ1v) is 7.35. The first-order chi connectivity index (χ1) is 10.5. The fourth-order valence-corrected chi connectivity index (χ4v) is 3.23. The van der Waals surface area contributed by atoms with Crippen molar-refractivity contribution in [1.29, 1.82) is 0 Å². The maximum absolute atomic E-state index is 6.05. The Morgan fingerprint density at radius 3 is 2.77 bits per heavy atom. The van der Waals surface area contributed by atoms with Gasteiger partial charge in [-0.25, -0.2) is 15.0 Å². The van der Waals surface area contributed by atoms with Gasteiger partial charge in [0.25, 0.3) is 0 Å². The number of nitrogens with two attached hydrogens (primary N) is 1. The number of ether oxygens (including phenoxy) is 3. The molecule has 8 heteroatoms. The van der Waals surface area contributed by atoms with Crippen LogP contribution in [0.15, 0.2) is 12.7 Å². The Morgan fingerprint density at radius 2 is 2.00 bits per heavy atom. The largest absolute Gasteiger partial charge is 0.348 e. The van der Waals surface area contributed by atoms with Gasteiger partial charge in [0, 0.05) is 6.54 Å². The molecule has 0 aromatic carbocycles. The Morgan fingerprint density at radius 1 is 1.23 bits per heavy atom. The number of aryl methyl sites for hydroxylation is 1. The van der Waals surface area contributed by atoms with Crippen LogP contribution in [0.4, 0.5) is 0 Å². The Balaban J connectivity index is 1.77. The van der Waals surface area contributed by atoms with Gasteiger partial charge < -0.3 is 19.9 Å². The summed E-state index contributed by atoms with van der Waals surface area (Å²) in [7, 11) is 0. The number of imidazole rings is 1. The highest BCUT2D eigenvalue weighted by atomic mass is 16.8. The zero-order chi connectivity index (χ0) is 15.5. The molecule has 0 bridgehead atoms. The van der Waals surface area contributed by atoms with Crippen LogP contribution in [0, 0.1) is 6.92 Å². The van der Waals surface area contributed by atoms with E-state index in [0.29, 0.717) is 6.54 Å². The number of rotatable bonds is 2. The zero-order valence-corrected chi connectivity index (χ0v) is 12.8. The molecule has 118 valence electrons. The number of nitrogens with zero attached hydrogens (tertiary/aromatic N) is 4. The molecule has 2 aliphatic heterocycles. The Bertz CT molecular complexity index is 716. The highest BCUT2D eigenvalue weighted by Gasteiger charge is 2.55. The van der Waals surface area contributed by atoms with Crippen LogP contribution < -0.4 is 5.73 Å². The maximum atomic E-state index is 6.05. The van der Waals surface area contributed by atoms with E-state index in [0.717, 1.165) is 16.9 Å². The van der Waals surface area contributed by atoms with E-state index in [9.17, 15) is 0 Å². The molecule has 2 unspecified atom stereocenters. The first-order valence-electron chi connectivity index (χ1n) is 7.35. The van der Waals surface area contributed by atoms with Crippen LogP contribution in [-0.2, 0) is 14.2 Å². The molecule has 2 N–H and O–H groups in total. The Hall–Kier alpha value is -1.61. The minimum absolute atomic E-state index is 0.189. The highest BCUT2D eigenvalue weighted by Crippen LogP contribution is 2.43. The van der Waals surface area contributed by atoms with Crippen LogP contribution >= 0.6 is 0 Å². The predicted octanol–water partition coefficient (Wildman–Crippen LogP) is 0.511. The van der Waals surface area contributed by atoms with Gasteiger partial charge in [0.2, 0.25) is 0 Å².